The van der Waals surface area contributed by atoms with Gasteiger partial charge in [0.2, 0.25) is 11.9 Å². The van der Waals surface area contributed by atoms with Crippen molar-refractivity contribution in [3.63, 3.8) is 0 Å². The molecule has 29 heavy (non-hydrogen) atoms. The lowest BCUT2D eigenvalue weighted by Gasteiger charge is -2.27. The minimum Gasteiger partial charge on any atom is -0.341 e. The first kappa shape index (κ1) is 18.1. The van der Waals surface area contributed by atoms with Crippen LogP contribution in [0.5, 0.6) is 0 Å². The summed E-state index contributed by atoms with van der Waals surface area (Å²) in [6, 6.07) is 10.6. The number of nitrogens with zero attached hydrogens (tertiary/aromatic N) is 6. The second kappa shape index (κ2) is 7.46. The quantitative estimate of drug-likeness (QED) is 0.688. The van der Waals surface area contributed by atoms with E-state index < -0.39 is 0 Å². The van der Waals surface area contributed by atoms with Crippen LogP contribution in [0.3, 0.4) is 0 Å². The highest BCUT2D eigenvalue weighted by Crippen LogP contribution is 2.27. The summed E-state index contributed by atoms with van der Waals surface area (Å²) in [6.07, 6.45) is 6.67. The molecule has 4 heterocycles. The van der Waals surface area contributed by atoms with Gasteiger partial charge in [0.15, 0.2) is 5.82 Å². The summed E-state index contributed by atoms with van der Waals surface area (Å²) in [5.74, 6) is 2.09. The van der Waals surface area contributed by atoms with E-state index in [1.165, 1.54) is 0 Å². The standard InChI is InChI=1S/C22H26N6O/c1-26-21(17-8-9-19-16(15-17)5-2-11-23-19)24-25-22(26)27-12-3-6-18(10-14-27)28-13-4-7-20(28)29/h2,5,8-9,11,15,18H,3-4,6-7,10,12-14H2,1H3. The third-order valence-corrected chi connectivity index (χ3v) is 6.24. The number of rotatable bonds is 3. The summed E-state index contributed by atoms with van der Waals surface area (Å²) in [6.45, 7) is 2.78. The van der Waals surface area contributed by atoms with E-state index in [1.54, 1.807) is 0 Å². The smallest absolute Gasteiger partial charge is 0.227 e. The number of benzene rings is 1. The van der Waals surface area contributed by atoms with E-state index in [0.29, 0.717) is 18.4 Å². The van der Waals surface area contributed by atoms with Crippen LogP contribution in [0.4, 0.5) is 5.95 Å². The largest absolute Gasteiger partial charge is 0.341 e. The van der Waals surface area contributed by atoms with E-state index in [9.17, 15) is 4.79 Å². The Morgan fingerprint density at radius 1 is 1.03 bits per heavy atom. The molecule has 2 fully saturated rings. The second-order valence-corrected chi connectivity index (χ2v) is 8.06. The zero-order chi connectivity index (χ0) is 19.8. The Bertz CT molecular complexity index is 1040. The maximum atomic E-state index is 12.1. The molecule has 0 bridgehead atoms. The molecule has 2 aromatic heterocycles. The number of anilines is 1. The van der Waals surface area contributed by atoms with Crippen LogP contribution < -0.4 is 4.90 Å². The summed E-state index contributed by atoms with van der Waals surface area (Å²) in [5.41, 5.74) is 2.02. The zero-order valence-corrected chi connectivity index (χ0v) is 16.8. The number of fused-ring (bicyclic) bond motifs is 1. The summed E-state index contributed by atoms with van der Waals surface area (Å²) in [4.78, 5) is 20.9. The van der Waals surface area contributed by atoms with Crippen molar-refractivity contribution in [3.8, 4) is 11.4 Å². The molecule has 7 heteroatoms. The Morgan fingerprint density at radius 2 is 1.97 bits per heavy atom. The maximum Gasteiger partial charge on any atom is 0.227 e. The molecular formula is C22H26N6O. The third-order valence-electron chi connectivity index (χ3n) is 6.24. The Morgan fingerprint density at radius 3 is 2.83 bits per heavy atom. The highest BCUT2D eigenvalue weighted by Gasteiger charge is 2.30. The van der Waals surface area contributed by atoms with Gasteiger partial charge in [-0.1, -0.05) is 6.07 Å². The predicted octanol–water partition coefficient (Wildman–Crippen LogP) is 3.01. The number of likely N-dealkylation sites (tertiary alicyclic amines) is 1. The molecule has 1 aromatic carbocycles. The van der Waals surface area contributed by atoms with Crippen molar-refractivity contribution in [2.24, 2.45) is 7.05 Å². The molecule has 5 rings (SSSR count). The average molecular weight is 390 g/mol. The van der Waals surface area contributed by atoms with E-state index in [4.69, 9.17) is 0 Å². The van der Waals surface area contributed by atoms with Crippen LogP contribution in [0.15, 0.2) is 36.5 Å². The van der Waals surface area contributed by atoms with Crippen LogP contribution >= 0.6 is 0 Å². The van der Waals surface area contributed by atoms with Crippen LogP contribution in [0.1, 0.15) is 32.1 Å². The lowest BCUT2D eigenvalue weighted by atomic mass is 10.1. The second-order valence-electron chi connectivity index (χ2n) is 8.06. The van der Waals surface area contributed by atoms with Crippen molar-refractivity contribution in [2.45, 2.75) is 38.1 Å². The Labute approximate surface area is 170 Å². The van der Waals surface area contributed by atoms with Gasteiger partial charge in [-0.05, 0) is 49.9 Å². The lowest BCUT2D eigenvalue weighted by Crippen LogP contribution is -2.37. The fourth-order valence-corrected chi connectivity index (χ4v) is 4.71. The molecule has 3 aromatic rings. The first-order valence-electron chi connectivity index (χ1n) is 10.5. The Kier molecular flexibility index (Phi) is 4.66. The van der Waals surface area contributed by atoms with Crippen molar-refractivity contribution < 1.29 is 4.79 Å². The number of carbonyl (C=O) groups excluding carboxylic acids is 1. The van der Waals surface area contributed by atoms with Crippen LogP contribution in [-0.4, -0.2) is 56.2 Å². The van der Waals surface area contributed by atoms with Gasteiger partial charge >= 0.3 is 0 Å². The van der Waals surface area contributed by atoms with E-state index in [1.807, 2.05) is 25.4 Å². The molecule has 1 atom stereocenters. The maximum absolute atomic E-state index is 12.1. The number of hydrogen-bond acceptors (Lipinski definition) is 5. The predicted molar refractivity (Wildman–Crippen MR) is 113 cm³/mol. The lowest BCUT2D eigenvalue weighted by molar-refractivity contribution is -0.129. The van der Waals surface area contributed by atoms with Crippen molar-refractivity contribution in [3.05, 3.63) is 36.5 Å². The molecule has 0 saturated carbocycles. The van der Waals surface area contributed by atoms with E-state index in [0.717, 1.165) is 73.6 Å². The first-order valence-corrected chi connectivity index (χ1v) is 10.5. The topological polar surface area (TPSA) is 67.2 Å². The molecule has 2 aliphatic rings. The van der Waals surface area contributed by atoms with Crippen LogP contribution in [0.25, 0.3) is 22.3 Å². The third kappa shape index (κ3) is 3.34. The number of pyridine rings is 1. The van der Waals surface area contributed by atoms with Gasteiger partial charge in [-0.15, -0.1) is 10.2 Å². The molecule has 0 aliphatic carbocycles. The first-order chi connectivity index (χ1) is 14.2. The molecule has 0 radical (unpaired) electrons. The van der Waals surface area contributed by atoms with Gasteiger partial charge in [0.1, 0.15) is 0 Å². The van der Waals surface area contributed by atoms with Crippen molar-refractivity contribution in [1.82, 2.24) is 24.6 Å². The number of amides is 1. The number of aromatic nitrogens is 4. The SMILES string of the molecule is Cn1c(-c2ccc3ncccc3c2)nnc1N1CCCC(N2CCCC2=O)CC1. The van der Waals surface area contributed by atoms with Crippen molar-refractivity contribution in [1.29, 1.82) is 0 Å². The van der Waals surface area contributed by atoms with Crippen LogP contribution in [0, 0.1) is 0 Å². The van der Waals surface area contributed by atoms with Gasteiger partial charge in [0.05, 0.1) is 5.52 Å². The summed E-state index contributed by atoms with van der Waals surface area (Å²) in [7, 11) is 2.03. The summed E-state index contributed by atoms with van der Waals surface area (Å²) >= 11 is 0. The summed E-state index contributed by atoms with van der Waals surface area (Å²) < 4.78 is 2.08. The molecular weight excluding hydrogens is 364 g/mol. The summed E-state index contributed by atoms with van der Waals surface area (Å²) in [5, 5.41) is 10.1. The fraction of sp³-hybridized carbons (Fsp3) is 0.455. The van der Waals surface area contributed by atoms with Gasteiger partial charge in [-0.2, -0.15) is 0 Å². The van der Waals surface area contributed by atoms with Gasteiger partial charge in [-0.3, -0.25) is 14.3 Å². The average Bonchev–Trinajstić information content (AvgIpc) is 3.25. The molecule has 0 N–H and O–H groups in total. The van der Waals surface area contributed by atoms with Gasteiger partial charge < -0.3 is 9.80 Å². The molecule has 1 amide bonds. The van der Waals surface area contributed by atoms with Crippen molar-refractivity contribution >= 4 is 22.8 Å². The van der Waals surface area contributed by atoms with Gasteiger partial charge in [0.25, 0.3) is 0 Å². The monoisotopic (exact) mass is 390 g/mol. The molecule has 2 aliphatic heterocycles. The fourth-order valence-electron chi connectivity index (χ4n) is 4.71. The molecule has 2 saturated heterocycles. The molecule has 0 spiro atoms. The van der Waals surface area contributed by atoms with Crippen LogP contribution in [-0.2, 0) is 11.8 Å². The molecule has 7 nitrogen and oxygen atoms in total. The van der Waals surface area contributed by atoms with E-state index in [2.05, 4.69) is 47.7 Å². The van der Waals surface area contributed by atoms with Crippen LogP contribution in [0.2, 0.25) is 0 Å². The van der Waals surface area contributed by atoms with Gasteiger partial charge in [-0.25, -0.2) is 0 Å². The normalized spacial score (nSPS) is 20.4. The highest BCUT2D eigenvalue weighted by molar-refractivity contribution is 5.83. The number of hydrogen-bond donors (Lipinski definition) is 0. The molecule has 150 valence electrons. The highest BCUT2D eigenvalue weighted by atomic mass is 16.2. The van der Waals surface area contributed by atoms with Gasteiger partial charge in [0, 0.05) is 56.3 Å². The van der Waals surface area contributed by atoms with E-state index in [-0.39, 0.29) is 0 Å². The Balaban J connectivity index is 1.37. The van der Waals surface area contributed by atoms with Crippen molar-refractivity contribution in [2.75, 3.05) is 24.5 Å². The minimum absolute atomic E-state index is 0.329. The zero-order valence-electron chi connectivity index (χ0n) is 16.8. The number of carbonyl (C=O) groups is 1. The Hall–Kier alpha value is -2.96. The van der Waals surface area contributed by atoms with E-state index >= 15 is 0 Å². The minimum atomic E-state index is 0.329. The molecule has 1 unspecified atom stereocenters.